The van der Waals surface area contributed by atoms with E-state index in [2.05, 4.69) is 30.0 Å². The number of likely N-dealkylation sites (tertiary alicyclic amines) is 1. The molecule has 0 aliphatic carbocycles. The molecule has 2 nitrogen and oxygen atoms in total. The number of piperidine rings is 1. The predicted octanol–water partition coefficient (Wildman–Crippen LogP) is 1.67. The summed E-state index contributed by atoms with van der Waals surface area (Å²) in [5.74, 6) is 5.46. The Labute approximate surface area is 105 Å². The average molecular weight is 240 g/mol. The second-order valence-corrected chi connectivity index (χ2v) is 5.59. The molecule has 1 fully saturated rings. The van der Waals surface area contributed by atoms with Gasteiger partial charge in [-0.2, -0.15) is 0 Å². The minimum absolute atomic E-state index is 0.722. The van der Waals surface area contributed by atoms with Gasteiger partial charge >= 0.3 is 0 Å². The van der Waals surface area contributed by atoms with Crippen molar-refractivity contribution in [1.82, 2.24) is 10.2 Å². The number of hydrogen-bond acceptors (Lipinski definition) is 3. The largest absolute Gasteiger partial charge is 0.314 e. The van der Waals surface area contributed by atoms with Gasteiger partial charge in [-0.05, 0) is 25.4 Å². The summed E-state index contributed by atoms with van der Waals surface area (Å²) in [7, 11) is 0. The summed E-state index contributed by atoms with van der Waals surface area (Å²) in [6.45, 7) is 9.29. The van der Waals surface area contributed by atoms with Gasteiger partial charge in [0.15, 0.2) is 0 Å². The van der Waals surface area contributed by atoms with Gasteiger partial charge in [0.25, 0.3) is 0 Å². The Morgan fingerprint density at radius 3 is 3.00 bits per heavy atom. The van der Waals surface area contributed by atoms with Crippen molar-refractivity contribution >= 4 is 11.8 Å². The first kappa shape index (κ1) is 13.9. The molecule has 2 atom stereocenters. The first-order valence-corrected chi connectivity index (χ1v) is 7.40. The Hall–Kier alpha value is -0.170. The zero-order valence-corrected chi connectivity index (χ0v) is 11.4. The third-order valence-corrected chi connectivity index (χ3v) is 4.04. The van der Waals surface area contributed by atoms with Crippen LogP contribution in [-0.4, -0.2) is 48.6 Å². The van der Waals surface area contributed by atoms with E-state index in [1.165, 1.54) is 31.8 Å². The summed E-state index contributed by atoms with van der Waals surface area (Å²) in [6.07, 6.45) is 6.52. The van der Waals surface area contributed by atoms with Gasteiger partial charge in [-0.3, -0.25) is 0 Å². The number of hydrogen-bond donors (Lipinski definition) is 1. The molecule has 0 amide bonds. The third-order valence-electron chi connectivity index (χ3n) is 3.19. The smallest absolute Gasteiger partial charge is 0.0545 e. The molecule has 0 bridgehead atoms. The Kier molecular flexibility index (Phi) is 6.95. The standard InChI is InChI=1S/C13H24N2S/c1-4-9-16-10-8-15-7-6-13(14-5-2)12(3)11-15/h1,12-14H,5-11H2,2-3H3. The third kappa shape index (κ3) is 4.78. The van der Waals surface area contributed by atoms with Crippen LogP contribution in [0.5, 0.6) is 0 Å². The van der Waals surface area contributed by atoms with E-state index in [4.69, 9.17) is 6.42 Å². The van der Waals surface area contributed by atoms with Crippen LogP contribution in [0.3, 0.4) is 0 Å². The van der Waals surface area contributed by atoms with Crippen molar-refractivity contribution in [2.24, 2.45) is 5.92 Å². The zero-order chi connectivity index (χ0) is 11.8. The quantitative estimate of drug-likeness (QED) is 0.562. The van der Waals surface area contributed by atoms with Crippen LogP contribution in [0.25, 0.3) is 0 Å². The Morgan fingerprint density at radius 2 is 2.38 bits per heavy atom. The van der Waals surface area contributed by atoms with Crippen molar-refractivity contribution in [3.05, 3.63) is 0 Å². The Morgan fingerprint density at radius 1 is 1.56 bits per heavy atom. The van der Waals surface area contributed by atoms with E-state index in [1.54, 1.807) is 0 Å². The second-order valence-electron chi connectivity index (χ2n) is 4.49. The Balaban J connectivity index is 2.16. The van der Waals surface area contributed by atoms with Crippen LogP contribution in [0.2, 0.25) is 0 Å². The van der Waals surface area contributed by atoms with E-state index in [0.29, 0.717) is 0 Å². The van der Waals surface area contributed by atoms with Crippen molar-refractivity contribution < 1.29 is 0 Å². The van der Waals surface area contributed by atoms with Gasteiger partial charge in [0.2, 0.25) is 0 Å². The molecule has 0 aromatic rings. The monoisotopic (exact) mass is 240 g/mol. The first-order chi connectivity index (χ1) is 7.77. The molecule has 0 radical (unpaired) electrons. The number of thioether (sulfide) groups is 1. The van der Waals surface area contributed by atoms with Crippen molar-refractivity contribution in [3.63, 3.8) is 0 Å². The number of nitrogens with zero attached hydrogens (tertiary/aromatic N) is 1. The maximum atomic E-state index is 5.23. The lowest BCUT2D eigenvalue weighted by Gasteiger charge is -2.37. The average Bonchev–Trinajstić information content (AvgIpc) is 2.28. The fourth-order valence-electron chi connectivity index (χ4n) is 2.33. The van der Waals surface area contributed by atoms with Gasteiger partial charge < -0.3 is 10.2 Å². The summed E-state index contributed by atoms with van der Waals surface area (Å²) >= 11 is 1.87. The van der Waals surface area contributed by atoms with Crippen molar-refractivity contribution in [1.29, 1.82) is 0 Å². The van der Waals surface area contributed by atoms with Crippen LogP contribution in [0.4, 0.5) is 0 Å². The molecule has 1 heterocycles. The van der Waals surface area contributed by atoms with Gasteiger partial charge in [0.1, 0.15) is 0 Å². The van der Waals surface area contributed by atoms with E-state index in [-0.39, 0.29) is 0 Å². The highest BCUT2D eigenvalue weighted by Gasteiger charge is 2.24. The molecular weight excluding hydrogens is 216 g/mol. The molecule has 0 spiro atoms. The van der Waals surface area contributed by atoms with Crippen LogP contribution >= 0.6 is 11.8 Å². The first-order valence-electron chi connectivity index (χ1n) is 6.24. The van der Waals surface area contributed by atoms with Gasteiger partial charge in [0, 0.05) is 24.9 Å². The SMILES string of the molecule is C#CCSCCN1CCC(NCC)C(C)C1. The normalized spacial score (nSPS) is 26.6. The van der Waals surface area contributed by atoms with E-state index in [0.717, 1.165) is 24.3 Å². The zero-order valence-electron chi connectivity index (χ0n) is 10.5. The molecule has 3 heteroatoms. The molecule has 1 aliphatic heterocycles. The fraction of sp³-hybridized carbons (Fsp3) is 0.846. The lowest BCUT2D eigenvalue weighted by molar-refractivity contribution is 0.156. The van der Waals surface area contributed by atoms with Crippen LogP contribution in [0, 0.1) is 18.3 Å². The number of terminal acetylenes is 1. The molecule has 1 saturated heterocycles. The molecule has 1 aliphatic rings. The lowest BCUT2D eigenvalue weighted by Crippen LogP contribution is -2.48. The van der Waals surface area contributed by atoms with E-state index in [1.807, 2.05) is 11.8 Å². The van der Waals surface area contributed by atoms with E-state index < -0.39 is 0 Å². The molecule has 0 aromatic heterocycles. The van der Waals surface area contributed by atoms with Crippen LogP contribution < -0.4 is 5.32 Å². The lowest BCUT2D eigenvalue weighted by atomic mass is 9.94. The highest BCUT2D eigenvalue weighted by atomic mass is 32.2. The van der Waals surface area contributed by atoms with E-state index in [9.17, 15) is 0 Å². The summed E-state index contributed by atoms with van der Waals surface area (Å²) in [4.78, 5) is 2.57. The molecule has 92 valence electrons. The van der Waals surface area contributed by atoms with E-state index >= 15 is 0 Å². The van der Waals surface area contributed by atoms with Crippen molar-refractivity contribution in [2.75, 3.05) is 37.7 Å². The van der Waals surface area contributed by atoms with Gasteiger partial charge in [-0.15, -0.1) is 18.2 Å². The Bertz CT molecular complexity index is 224. The summed E-state index contributed by atoms with van der Waals surface area (Å²) < 4.78 is 0. The minimum Gasteiger partial charge on any atom is -0.314 e. The maximum Gasteiger partial charge on any atom is 0.0545 e. The highest BCUT2D eigenvalue weighted by Crippen LogP contribution is 2.17. The van der Waals surface area contributed by atoms with Crippen molar-refractivity contribution in [3.8, 4) is 12.3 Å². The maximum absolute atomic E-state index is 5.23. The van der Waals surface area contributed by atoms with Gasteiger partial charge in [0.05, 0.1) is 5.75 Å². The minimum atomic E-state index is 0.722. The van der Waals surface area contributed by atoms with Gasteiger partial charge in [-0.25, -0.2) is 0 Å². The molecule has 0 aromatic carbocycles. The van der Waals surface area contributed by atoms with Crippen LogP contribution in [0.15, 0.2) is 0 Å². The molecular formula is C13H24N2S. The topological polar surface area (TPSA) is 15.3 Å². The predicted molar refractivity (Wildman–Crippen MR) is 73.8 cm³/mol. The number of nitrogens with one attached hydrogen (secondary N) is 1. The van der Waals surface area contributed by atoms with Gasteiger partial charge in [-0.1, -0.05) is 19.8 Å². The summed E-state index contributed by atoms with van der Waals surface area (Å²) in [5.41, 5.74) is 0. The van der Waals surface area contributed by atoms with Crippen LogP contribution in [-0.2, 0) is 0 Å². The van der Waals surface area contributed by atoms with Crippen LogP contribution in [0.1, 0.15) is 20.3 Å². The molecule has 16 heavy (non-hydrogen) atoms. The molecule has 2 unspecified atom stereocenters. The van der Waals surface area contributed by atoms with Crippen molar-refractivity contribution in [2.45, 2.75) is 26.3 Å². The molecule has 1 N–H and O–H groups in total. The fourth-order valence-corrected chi connectivity index (χ4v) is 2.97. The second kappa shape index (κ2) is 8.00. The molecule has 0 saturated carbocycles. The summed E-state index contributed by atoms with van der Waals surface area (Å²) in [6, 6.07) is 0.722. The number of rotatable bonds is 6. The summed E-state index contributed by atoms with van der Waals surface area (Å²) in [5, 5.41) is 3.57. The highest BCUT2D eigenvalue weighted by molar-refractivity contribution is 7.99. The molecule has 1 rings (SSSR count).